The van der Waals surface area contributed by atoms with Crippen LogP contribution in [0.5, 0.6) is 0 Å². The number of hydrogen-bond donors (Lipinski definition) is 0. The van der Waals surface area contributed by atoms with Gasteiger partial charge in [-0.2, -0.15) is 0 Å². The van der Waals surface area contributed by atoms with Gasteiger partial charge in [0.2, 0.25) is 0 Å². The third-order valence-corrected chi connectivity index (χ3v) is 5.84. The molecule has 0 aliphatic carbocycles. The highest BCUT2D eigenvalue weighted by molar-refractivity contribution is 5.60. The molecule has 2 aromatic heterocycles. The van der Waals surface area contributed by atoms with E-state index in [9.17, 15) is 0 Å². The largest absolute Gasteiger partial charge is 0.205 e. The SMILES string of the molecule is CCCC(CCC)C[n+]1ccc(-c2cc[n+](CC(CCC)CCC)cc2)cc1. The van der Waals surface area contributed by atoms with Crippen molar-refractivity contribution in [2.45, 2.75) is 92.2 Å². The standard InChI is InChI=1S/C26H42N2/c1-5-9-23(10-6-2)21-27-17-13-25(14-18-27)26-15-19-28(20-16-26)22-24(11-7-3)12-8-4/h13-20,23-24H,5-12,21-22H2,1-4H3/q+2. The zero-order valence-corrected chi connectivity index (χ0v) is 18.7. The van der Waals surface area contributed by atoms with Gasteiger partial charge in [0.25, 0.3) is 0 Å². The van der Waals surface area contributed by atoms with Crippen LogP contribution < -0.4 is 9.13 Å². The van der Waals surface area contributed by atoms with E-state index in [2.05, 4.69) is 85.9 Å². The molecule has 2 heteroatoms. The summed E-state index contributed by atoms with van der Waals surface area (Å²) in [6.07, 6.45) is 19.5. The first-order valence-corrected chi connectivity index (χ1v) is 11.7. The Labute approximate surface area is 173 Å². The summed E-state index contributed by atoms with van der Waals surface area (Å²) >= 11 is 0. The molecule has 2 rings (SSSR count). The van der Waals surface area contributed by atoms with E-state index < -0.39 is 0 Å². The molecule has 0 unspecified atom stereocenters. The topological polar surface area (TPSA) is 7.76 Å². The maximum absolute atomic E-state index is 2.36. The summed E-state index contributed by atoms with van der Waals surface area (Å²) in [5.74, 6) is 1.61. The fourth-order valence-corrected chi connectivity index (χ4v) is 4.43. The molecule has 0 radical (unpaired) electrons. The van der Waals surface area contributed by atoms with Crippen LogP contribution in [0.1, 0.15) is 79.1 Å². The molecule has 0 saturated carbocycles. The summed E-state index contributed by atoms with van der Waals surface area (Å²) in [5, 5.41) is 0. The molecule has 0 aromatic carbocycles. The summed E-state index contributed by atoms with van der Waals surface area (Å²) in [4.78, 5) is 0. The molecule has 28 heavy (non-hydrogen) atoms. The zero-order chi connectivity index (χ0) is 20.2. The van der Waals surface area contributed by atoms with Gasteiger partial charge >= 0.3 is 0 Å². The van der Waals surface area contributed by atoms with Gasteiger partial charge in [-0.1, -0.05) is 53.4 Å². The van der Waals surface area contributed by atoms with Crippen molar-refractivity contribution in [2.24, 2.45) is 11.8 Å². The average Bonchev–Trinajstić information content (AvgIpc) is 2.70. The first kappa shape index (κ1) is 22.6. The van der Waals surface area contributed by atoms with E-state index in [1.807, 2.05) is 0 Å². The van der Waals surface area contributed by atoms with Gasteiger partial charge < -0.3 is 0 Å². The third kappa shape index (κ3) is 7.37. The van der Waals surface area contributed by atoms with E-state index in [1.54, 1.807) is 0 Å². The Morgan fingerprint density at radius 3 is 1.07 bits per heavy atom. The van der Waals surface area contributed by atoms with Gasteiger partial charge in [0.1, 0.15) is 0 Å². The summed E-state index contributed by atoms with van der Waals surface area (Å²) in [7, 11) is 0. The van der Waals surface area contributed by atoms with Crippen LogP contribution in [0.4, 0.5) is 0 Å². The Morgan fingerprint density at radius 1 is 0.536 bits per heavy atom. The molecule has 2 heterocycles. The summed E-state index contributed by atoms with van der Waals surface area (Å²) in [6, 6.07) is 9.08. The molecule has 0 N–H and O–H groups in total. The summed E-state index contributed by atoms with van der Waals surface area (Å²) < 4.78 is 4.73. The molecule has 0 atom stereocenters. The molecule has 154 valence electrons. The molecule has 0 aliphatic rings. The first-order chi connectivity index (χ1) is 13.7. The molecule has 0 saturated heterocycles. The lowest BCUT2D eigenvalue weighted by molar-refractivity contribution is -0.703. The Bertz CT molecular complexity index is 574. The lowest BCUT2D eigenvalue weighted by atomic mass is 9.98. The molecule has 2 nitrogen and oxygen atoms in total. The quantitative estimate of drug-likeness (QED) is 0.356. The highest BCUT2D eigenvalue weighted by Crippen LogP contribution is 2.18. The normalized spacial score (nSPS) is 11.5. The van der Waals surface area contributed by atoms with Crippen LogP contribution in [0.3, 0.4) is 0 Å². The maximum Gasteiger partial charge on any atom is 0.169 e. The Hall–Kier alpha value is -1.70. The van der Waals surface area contributed by atoms with Crippen molar-refractivity contribution in [1.82, 2.24) is 0 Å². The van der Waals surface area contributed by atoms with Crippen molar-refractivity contribution in [3.63, 3.8) is 0 Å². The minimum atomic E-state index is 0.806. The molecule has 0 bridgehead atoms. The second kappa shape index (κ2) is 12.7. The van der Waals surface area contributed by atoms with E-state index in [4.69, 9.17) is 0 Å². The van der Waals surface area contributed by atoms with Crippen LogP contribution in [0, 0.1) is 11.8 Å². The number of rotatable bonds is 13. The lowest BCUT2D eigenvalue weighted by Crippen LogP contribution is -2.37. The minimum absolute atomic E-state index is 0.806. The van der Waals surface area contributed by atoms with Gasteiger partial charge in [0.05, 0.1) is 0 Å². The van der Waals surface area contributed by atoms with Gasteiger partial charge in [-0.3, -0.25) is 0 Å². The van der Waals surface area contributed by atoms with Gasteiger partial charge in [-0.15, -0.1) is 0 Å². The van der Waals surface area contributed by atoms with Crippen molar-refractivity contribution in [1.29, 1.82) is 0 Å². The van der Waals surface area contributed by atoms with E-state index in [1.165, 1.54) is 62.5 Å². The Kier molecular flexibility index (Phi) is 10.2. The summed E-state index contributed by atoms with van der Waals surface area (Å²) in [5.41, 5.74) is 2.62. The highest BCUT2D eigenvalue weighted by Gasteiger charge is 2.14. The minimum Gasteiger partial charge on any atom is -0.205 e. The number of pyridine rings is 2. The third-order valence-electron chi connectivity index (χ3n) is 5.84. The Balaban J connectivity index is 1.99. The fourth-order valence-electron chi connectivity index (χ4n) is 4.43. The molecule has 0 fully saturated rings. The average molecular weight is 383 g/mol. The highest BCUT2D eigenvalue weighted by atomic mass is 14.9. The molecule has 2 aromatic rings. The van der Waals surface area contributed by atoms with Crippen LogP contribution >= 0.6 is 0 Å². The van der Waals surface area contributed by atoms with Crippen LogP contribution in [-0.2, 0) is 13.1 Å². The van der Waals surface area contributed by atoms with Crippen molar-refractivity contribution in [3.8, 4) is 11.1 Å². The predicted molar refractivity (Wildman–Crippen MR) is 119 cm³/mol. The van der Waals surface area contributed by atoms with E-state index in [-0.39, 0.29) is 0 Å². The van der Waals surface area contributed by atoms with Crippen molar-refractivity contribution < 1.29 is 9.13 Å². The predicted octanol–water partition coefficient (Wildman–Crippen LogP) is 6.36. The van der Waals surface area contributed by atoms with Crippen LogP contribution in [0.25, 0.3) is 11.1 Å². The second-order valence-electron chi connectivity index (χ2n) is 8.45. The molecule has 0 aliphatic heterocycles. The van der Waals surface area contributed by atoms with Crippen LogP contribution in [-0.4, -0.2) is 0 Å². The zero-order valence-electron chi connectivity index (χ0n) is 18.7. The molecule has 0 amide bonds. The number of nitrogens with zero attached hydrogens (tertiary/aromatic N) is 2. The molecular weight excluding hydrogens is 340 g/mol. The number of hydrogen-bond acceptors (Lipinski definition) is 0. The lowest BCUT2D eigenvalue weighted by Gasteiger charge is -2.12. The number of aromatic nitrogens is 2. The fraction of sp³-hybridized carbons (Fsp3) is 0.615. The van der Waals surface area contributed by atoms with Crippen LogP contribution in [0.15, 0.2) is 49.1 Å². The first-order valence-electron chi connectivity index (χ1n) is 11.7. The molecule has 0 spiro atoms. The van der Waals surface area contributed by atoms with E-state index >= 15 is 0 Å². The van der Waals surface area contributed by atoms with Gasteiger partial charge in [0, 0.05) is 36.1 Å². The summed E-state index contributed by atoms with van der Waals surface area (Å²) in [6.45, 7) is 11.5. The smallest absolute Gasteiger partial charge is 0.169 e. The van der Waals surface area contributed by atoms with Gasteiger partial charge in [-0.05, 0) is 36.8 Å². The molecular formula is C26H42N2+2. The Morgan fingerprint density at radius 2 is 0.821 bits per heavy atom. The maximum atomic E-state index is 2.36. The monoisotopic (exact) mass is 382 g/mol. The second-order valence-corrected chi connectivity index (χ2v) is 8.45. The van der Waals surface area contributed by atoms with Crippen molar-refractivity contribution >= 4 is 0 Å². The van der Waals surface area contributed by atoms with E-state index in [0.717, 1.165) is 24.9 Å². The van der Waals surface area contributed by atoms with E-state index in [0.29, 0.717) is 0 Å². The van der Waals surface area contributed by atoms with Crippen LogP contribution in [0.2, 0.25) is 0 Å². The van der Waals surface area contributed by atoms with Gasteiger partial charge in [-0.25, -0.2) is 9.13 Å². The van der Waals surface area contributed by atoms with Gasteiger partial charge in [0.15, 0.2) is 37.9 Å². The van der Waals surface area contributed by atoms with Crippen molar-refractivity contribution in [2.75, 3.05) is 0 Å². The van der Waals surface area contributed by atoms with Crippen molar-refractivity contribution in [3.05, 3.63) is 49.1 Å².